The molecule has 0 aromatic heterocycles. The fraction of sp³-hybridized carbons (Fsp3) is 0.222. The van der Waals surface area contributed by atoms with Crippen LogP contribution in [0.25, 0.3) is 0 Å². The van der Waals surface area contributed by atoms with Crippen molar-refractivity contribution in [3.05, 3.63) is 66.2 Å². The molecular weight excluding hydrogens is 276 g/mol. The molecule has 22 heavy (non-hydrogen) atoms. The maximum absolute atomic E-state index is 12.5. The second-order valence-electron chi connectivity index (χ2n) is 5.16. The van der Waals surface area contributed by atoms with Crippen molar-refractivity contribution in [2.24, 2.45) is 0 Å². The van der Waals surface area contributed by atoms with E-state index in [0.717, 1.165) is 11.3 Å². The summed E-state index contributed by atoms with van der Waals surface area (Å²) in [5, 5.41) is 2.85. The van der Waals surface area contributed by atoms with E-state index in [0.29, 0.717) is 0 Å². The van der Waals surface area contributed by atoms with Gasteiger partial charge in [-0.25, -0.2) is 0 Å². The largest absolute Gasteiger partial charge is 0.349 e. The fourth-order valence-electron chi connectivity index (χ4n) is 2.29. The highest BCUT2D eigenvalue weighted by Gasteiger charge is 2.20. The minimum Gasteiger partial charge on any atom is -0.349 e. The monoisotopic (exact) mass is 296 g/mol. The molecule has 0 radical (unpaired) electrons. The number of amides is 2. The van der Waals surface area contributed by atoms with E-state index in [-0.39, 0.29) is 24.3 Å². The second-order valence-corrected chi connectivity index (χ2v) is 5.16. The molecule has 0 aliphatic rings. The quantitative estimate of drug-likeness (QED) is 0.922. The van der Waals surface area contributed by atoms with Gasteiger partial charge in [0.25, 0.3) is 0 Å². The van der Waals surface area contributed by atoms with Gasteiger partial charge in [-0.05, 0) is 17.7 Å². The summed E-state index contributed by atoms with van der Waals surface area (Å²) in [6, 6.07) is 18.7. The van der Waals surface area contributed by atoms with E-state index in [9.17, 15) is 9.59 Å². The van der Waals surface area contributed by atoms with Crippen molar-refractivity contribution < 1.29 is 9.59 Å². The molecule has 0 saturated heterocycles. The van der Waals surface area contributed by atoms with Gasteiger partial charge in [-0.1, -0.05) is 48.5 Å². The van der Waals surface area contributed by atoms with Gasteiger partial charge in [0.15, 0.2) is 0 Å². The highest BCUT2D eigenvalue weighted by Crippen LogP contribution is 2.20. The van der Waals surface area contributed by atoms with Gasteiger partial charge in [-0.3, -0.25) is 9.59 Å². The molecule has 0 spiro atoms. The van der Waals surface area contributed by atoms with E-state index in [1.165, 1.54) is 6.92 Å². The predicted molar refractivity (Wildman–Crippen MR) is 87.5 cm³/mol. The number of nitrogens with one attached hydrogen (secondary N) is 1. The van der Waals surface area contributed by atoms with Crippen molar-refractivity contribution in [3.8, 4) is 0 Å². The molecule has 0 aliphatic heterocycles. The molecule has 0 unspecified atom stereocenters. The summed E-state index contributed by atoms with van der Waals surface area (Å²) in [4.78, 5) is 25.5. The van der Waals surface area contributed by atoms with E-state index in [4.69, 9.17) is 0 Å². The van der Waals surface area contributed by atoms with Gasteiger partial charge in [-0.15, -0.1) is 0 Å². The summed E-state index contributed by atoms with van der Waals surface area (Å²) >= 11 is 0. The highest BCUT2D eigenvalue weighted by atomic mass is 16.2. The molecule has 0 heterocycles. The molecule has 0 fully saturated rings. The Hall–Kier alpha value is -2.62. The number of carbonyl (C=O) groups is 2. The van der Waals surface area contributed by atoms with Crippen LogP contribution in [0.5, 0.6) is 0 Å². The number of carbonyl (C=O) groups excluding carboxylic acids is 2. The zero-order valence-electron chi connectivity index (χ0n) is 12.8. The molecule has 0 aliphatic carbocycles. The molecule has 1 atom stereocenters. The lowest BCUT2D eigenvalue weighted by Crippen LogP contribution is -2.33. The van der Waals surface area contributed by atoms with Gasteiger partial charge in [0.05, 0.1) is 12.5 Å². The van der Waals surface area contributed by atoms with E-state index in [1.807, 2.05) is 60.7 Å². The average molecular weight is 296 g/mol. The van der Waals surface area contributed by atoms with Gasteiger partial charge >= 0.3 is 0 Å². The number of nitrogens with zero attached hydrogens (tertiary/aromatic N) is 1. The molecule has 2 amide bonds. The highest BCUT2D eigenvalue weighted by molar-refractivity contribution is 5.93. The second kappa shape index (κ2) is 7.41. The summed E-state index contributed by atoms with van der Waals surface area (Å²) in [5.74, 6) is -0.196. The van der Waals surface area contributed by atoms with Crippen LogP contribution in [0.4, 0.5) is 5.69 Å². The minimum absolute atomic E-state index is 0.0474. The summed E-state index contributed by atoms with van der Waals surface area (Å²) < 4.78 is 0. The number of hydrogen-bond acceptors (Lipinski definition) is 2. The molecule has 114 valence electrons. The van der Waals surface area contributed by atoms with Crippen molar-refractivity contribution in [2.45, 2.75) is 19.4 Å². The molecule has 4 nitrogen and oxygen atoms in total. The number of benzene rings is 2. The van der Waals surface area contributed by atoms with Gasteiger partial charge < -0.3 is 10.2 Å². The van der Waals surface area contributed by atoms with Crippen molar-refractivity contribution in [1.29, 1.82) is 0 Å². The SMILES string of the molecule is CC(=O)N[C@@H](CC(=O)N(C)c1ccccc1)c1ccccc1. The summed E-state index contributed by atoms with van der Waals surface area (Å²) in [5.41, 5.74) is 1.76. The lowest BCUT2D eigenvalue weighted by molar-refractivity contribution is -0.121. The summed E-state index contributed by atoms with van der Waals surface area (Å²) in [7, 11) is 1.74. The van der Waals surface area contributed by atoms with E-state index < -0.39 is 0 Å². The van der Waals surface area contributed by atoms with Gasteiger partial charge in [0, 0.05) is 19.7 Å². The zero-order chi connectivity index (χ0) is 15.9. The Bertz CT molecular complexity index is 626. The molecule has 4 heteroatoms. The van der Waals surface area contributed by atoms with Crippen LogP contribution in [0.15, 0.2) is 60.7 Å². The van der Waals surface area contributed by atoms with Crippen molar-refractivity contribution >= 4 is 17.5 Å². The molecular formula is C18H20N2O2. The maximum Gasteiger partial charge on any atom is 0.229 e. The first-order chi connectivity index (χ1) is 10.6. The Morgan fingerprint density at radius 1 is 1.00 bits per heavy atom. The third-order valence-corrected chi connectivity index (χ3v) is 3.48. The first kappa shape index (κ1) is 15.8. The normalized spacial score (nSPS) is 11.5. The Morgan fingerprint density at radius 3 is 2.09 bits per heavy atom. The van der Waals surface area contributed by atoms with Crippen molar-refractivity contribution in [3.63, 3.8) is 0 Å². The molecule has 2 aromatic rings. The van der Waals surface area contributed by atoms with Gasteiger partial charge in [-0.2, -0.15) is 0 Å². The number of para-hydroxylation sites is 1. The zero-order valence-corrected chi connectivity index (χ0v) is 12.8. The van der Waals surface area contributed by atoms with E-state index in [1.54, 1.807) is 11.9 Å². The summed E-state index contributed by atoms with van der Waals surface area (Å²) in [6.07, 6.45) is 0.217. The van der Waals surface area contributed by atoms with Crippen LogP contribution < -0.4 is 10.2 Å². The van der Waals surface area contributed by atoms with Crippen LogP contribution in [0.3, 0.4) is 0 Å². The third kappa shape index (κ3) is 4.19. The lowest BCUT2D eigenvalue weighted by Gasteiger charge is -2.22. The first-order valence-electron chi connectivity index (χ1n) is 7.21. The number of anilines is 1. The first-order valence-corrected chi connectivity index (χ1v) is 7.21. The minimum atomic E-state index is -0.322. The molecule has 2 rings (SSSR count). The topological polar surface area (TPSA) is 49.4 Å². The lowest BCUT2D eigenvalue weighted by atomic mass is 10.0. The number of hydrogen-bond donors (Lipinski definition) is 1. The Kier molecular flexibility index (Phi) is 5.31. The Balaban J connectivity index is 2.13. The Morgan fingerprint density at radius 2 is 1.55 bits per heavy atom. The molecule has 0 bridgehead atoms. The van der Waals surface area contributed by atoms with Crippen molar-refractivity contribution in [2.75, 3.05) is 11.9 Å². The van der Waals surface area contributed by atoms with Gasteiger partial charge in [0.2, 0.25) is 11.8 Å². The predicted octanol–water partition coefficient (Wildman–Crippen LogP) is 2.92. The van der Waals surface area contributed by atoms with Crippen LogP contribution in [-0.2, 0) is 9.59 Å². The summed E-state index contributed by atoms with van der Waals surface area (Å²) in [6.45, 7) is 1.46. The molecule has 2 aromatic carbocycles. The Labute approximate surface area is 130 Å². The van der Waals surface area contributed by atoms with Crippen LogP contribution in [0.1, 0.15) is 24.9 Å². The average Bonchev–Trinajstić information content (AvgIpc) is 2.54. The number of rotatable bonds is 5. The van der Waals surface area contributed by atoms with Crippen molar-refractivity contribution in [1.82, 2.24) is 5.32 Å². The smallest absolute Gasteiger partial charge is 0.229 e. The van der Waals surface area contributed by atoms with Gasteiger partial charge in [0.1, 0.15) is 0 Å². The standard InChI is InChI=1S/C18H20N2O2/c1-14(21)19-17(15-9-5-3-6-10-15)13-18(22)20(2)16-11-7-4-8-12-16/h3-12,17H,13H2,1-2H3,(H,19,21)/t17-/m0/s1. The maximum atomic E-state index is 12.5. The van der Waals surface area contributed by atoms with Crippen LogP contribution in [-0.4, -0.2) is 18.9 Å². The van der Waals surface area contributed by atoms with Crippen LogP contribution >= 0.6 is 0 Å². The van der Waals surface area contributed by atoms with Crippen LogP contribution in [0, 0.1) is 0 Å². The third-order valence-electron chi connectivity index (χ3n) is 3.48. The fourth-order valence-corrected chi connectivity index (χ4v) is 2.29. The molecule has 1 N–H and O–H groups in total. The van der Waals surface area contributed by atoms with E-state index in [2.05, 4.69) is 5.32 Å². The van der Waals surface area contributed by atoms with E-state index >= 15 is 0 Å². The van der Waals surface area contributed by atoms with Crippen LogP contribution in [0.2, 0.25) is 0 Å². The molecule has 0 saturated carbocycles.